The molecule has 2 atom stereocenters. The van der Waals surface area contributed by atoms with Crippen molar-refractivity contribution in [3.63, 3.8) is 0 Å². The Labute approximate surface area is 170 Å². The number of aliphatic hydroxyl groups excluding tert-OH is 1. The van der Waals surface area contributed by atoms with E-state index in [4.69, 9.17) is 4.98 Å². The summed E-state index contributed by atoms with van der Waals surface area (Å²) in [5.74, 6) is 1.52. The largest absolute Gasteiger partial charge is 0.387 e. The van der Waals surface area contributed by atoms with Gasteiger partial charge >= 0.3 is 0 Å². The number of nitrogens with one attached hydrogen (secondary N) is 3. The molecule has 1 fully saturated rings. The zero-order valence-corrected chi connectivity index (χ0v) is 16.8. The van der Waals surface area contributed by atoms with Gasteiger partial charge in [-0.2, -0.15) is 9.61 Å². The number of rotatable bonds is 6. The number of fused-ring (bicyclic) bond motifs is 1. The lowest BCUT2D eigenvalue weighted by atomic mass is 9.99. The summed E-state index contributed by atoms with van der Waals surface area (Å²) in [6.45, 7) is 5.77. The molecule has 3 aromatic rings. The van der Waals surface area contributed by atoms with Gasteiger partial charge in [-0.25, -0.2) is 4.98 Å². The first-order valence-corrected chi connectivity index (χ1v) is 10.0. The summed E-state index contributed by atoms with van der Waals surface area (Å²) >= 11 is 0. The van der Waals surface area contributed by atoms with E-state index in [1.807, 2.05) is 30.5 Å². The number of hydrogen-bond donors (Lipinski definition) is 5. The van der Waals surface area contributed by atoms with Crippen LogP contribution in [0.2, 0.25) is 0 Å². The maximum atomic E-state index is 10.9. The number of nitrogens with zero attached hydrogens (tertiary/aromatic N) is 3. The molecule has 1 saturated heterocycles. The maximum absolute atomic E-state index is 10.9. The van der Waals surface area contributed by atoms with Crippen molar-refractivity contribution in [2.75, 3.05) is 23.7 Å². The van der Waals surface area contributed by atoms with Crippen LogP contribution < -0.4 is 16.0 Å². The molecule has 3 heterocycles. The molecular weight excluding hydrogens is 368 g/mol. The number of benzene rings is 1. The Balaban J connectivity index is 1.69. The van der Waals surface area contributed by atoms with E-state index in [2.05, 4.69) is 47.0 Å². The third-order valence-corrected chi connectivity index (χ3v) is 5.35. The number of aromatic nitrogens is 3. The van der Waals surface area contributed by atoms with E-state index in [1.165, 1.54) is 0 Å². The molecule has 4 rings (SSSR count). The summed E-state index contributed by atoms with van der Waals surface area (Å²) in [6, 6.07) is 11.9. The fourth-order valence-corrected chi connectivity index (χ4v) is 3.59. The molecule has 0 saturated carbocycles. The van der Waals surface area contributed by atoms with E-state index in [1.54, 1.807) is 4.52 Å². The van der Waals surface area contributed by atoms with Crippen LogP contribution in [0.15, 0.2) is 42.6 Å². The zero-order valence-electron chi connectivity index (χ0n) is 16.8. The van der Waals surface area contributed by atoms with Crippen LogP contribution in [-0.2, 0) is 6.54 Å². The van der Waals surface area contributed by atoms with Crippen LogP contribution in [0.25, 0.3) is 5.65 Å². The quantitative estimate of drug-likeness (QED) is 0.405. The highest BCUT2D eigenvalue weighted by Crippen LogP contribution is 2.27. The average molecular weight is 396 g/mol. The molecule has 5 N–H and O–H groups in total. The number of β-amino-alcohol motifs (C(OH)–C–C–N with tert-alkyl or cyclic N) is 1. The second-order valence-electron chi connectivity index (χ2n) is 7.87. The van der Waals surface area contributed by atoms with Crippen molar-refractivity contribution in [3.8, 4) is 0 Å². The number of aliphatic hydroxyl groups is 2. The van der Waals surface area contributed by atoms with Gasteiger partial charge in [-0.05, 0) is 18.0 Å². The molecular formula is C21H28N6O2. The van der Waals surface area contributed by atoms with Gasteiger partial charge in [0.1, 0.15) is 17.7 Å². The molecule has 0 bridgehead atoms. The van der Waals surface area contributed by atoms with Crippen LogP contribution in [0.5, 0.6) is 0 Å². The first-order valence-electron chi connectivity index (χ1n) is 10.0. The molecule has 0 radical (unpaired) electrons. The zero-order chi connectivity index (χ0) is 20.4. The van der Waals surface area contributed by atoms with Crippen LogP contribution in [0, 0.1) is 0 Å². The van der Waals surface area contributed by atoms with E-state index in [0.717, 1.165) is 22.6 Å². The van der Waals surface area contributed by atoms with Crippen molar-refractivity contribution in [2.24, 2.45) is 0 Å². The fraction of sp³-hybridized carbons (Fsp3) is 0.429. The summed E-state index contributed by atoms with van der Waals surface area (Å²) in [6.07, 6.45) is 1.28. The SMILES string of the molecule is CC(C)c1cnn2c(NCc3ccccc3)cc(N[C@]3(O)CCNC[C@H]3O)nc12. The second kappa shape index (κ2) is 7.98. The molecule has 1 aliphatic rings. The van der Waals surface area contributed by atoms with E-state index in [-0.39, 0.29) is 5.92 Å². The Bertz CT molecular complexity index is 974. The summed E-state index contributed by atoms with van der Waals surface area (Å²) in [5.41, 5.74) is 1.48. The minimum Gasteiger partial charge on any atom is -0.387 e. The molecule has 8 heteroatoms. The minimum atomic E-state index is -1.43. The molecule has 8 nitrogen and oxygen atoms in total. The van der Waals surface area contributed by atoms with Crippen LogP contribution in [-0.4, -0.2) is 49.7 Å². The predicted octanol–water partition coefficient (Wildman–Crippen LogP) is 1.92. The smallest absolute Gasteiger partial charge is 0.165 e. The first kappa shape index (κ1) is 19.6. The lowest BCUT2D eigenvalue weighted by molar-refractivity contribution is -0.0715. The molecule has 0 spiro atoms. The molecule has 1 aromatic carbocycles. The predicted molar refractivity (Wildman–Crippen MR) is 113 cm³/mol. The van der Waals surface area contributed by atoms with Gasteiger partial charge in [-0.1, -0.05) is 44.2 Å². The van der Waals surface area contributed by atoms with E-state index in [0.29, 0.717) is 31.9 Å². The molecule has 2 aromatic heterocycles. The van der Waals surface area contributed by atoms with Crippen molar-refractivity contribution in [1.82, 2.24) is 19.9 Å². The topological polar surface area (TPSA) is 107 Å². The monoisotopic (exact) mass is 396 g/mol. The molecule has 0 unspecified atom stereocenters. The van der Waals surface area contributed by atoms with Gasteiger partial charge in [0, 0.05) is 31.1 Å². The lowest BCUT2D eigenvalue weighted by Crippen LogP contribution is -2.58. The number of hydrogen-bond acceptors (Lipinski definition) is 7. The molecule has 0 aliphatic carbocycles. The first-order chi connectivity index (χ1) is 14.0. The van der Waals surface area contributed by atoms with Crippen molar-refractivity contribution < 1.29 is 10.2 Å². The van der Waals surface area contributed by atoms with Gasteiger partial charge in [-0.3, -0.25) is 0 Å². The van der Waals surface area contributed by atoms with Crippen molar-refractivity contribution in [3.05, 3.63) is 53.7 Å². The van der Waals surface area contributed by atoms with E-state index in [9.17, 15) is 10.2 Å². The molecule has 0 amide bonds. The van der Waals surface area contributed by atoms with Crippen LogP contribution >= 0.6 is 0 Å². The van der Waals surface area contributed by atoms with Crippen LogP contribution in [0.4, 0.5) is 11.6 Å². The lowest BCUT2D eigenvalue weighted by Gasteiger charge is -2.38. The second-order valence-corrected chi connectivity index (χ2v) is 7.87. The highest BCUT2D eigenvalue weighted by Gasteiger charge is 2.38. The average Bonchev–Trinajstić information content (AvgIpc) is 3.14. The summed E-state index contributed by atoms with van der Waals surface area (Å²) in [4.78, 5) is 4.70. The number of anilines is 2. The highest BCUT2D eigenvalue weighted by atomic mass is 16.4. The number of piperidine rings is 1. The Morgan fingerprint density at radius 3 is 2.83 bits per heavy atom. The van der Waals surface area contributed by atoms with Crippen molar-refractivity contribution in [1.29, 1.82) is 0 Å². The third kappa shape index (κ3) is 4.05. The van der Waals surface area contributed by atoms with Gasteiger partial charge in [0.2, 0.25) is 0 Å². The summed E-state index contributed by atoms with van der Waals surface area (Å²) in [5, 5.41) is 35.3. The highest BCUT2D eigenvalue weighted by molar-refractivity contribution is 5.61. The van der Waals surface area contributed by atoms with Gasteiger partial charge in [0.05, 0.1) is 6.20 Å². The molecule has 154 valence electrons. The summed E-state index contributed by atoms with van der Waals surface area (Å²) < 4.78 is 1.78. The fourth-order valence-electron chi connectivity index (χ4n) is 3.59. The van der Waals surface area contributed by atoms with Crippen LogP contribution in [0.3, 0.4) is 0 Å². The minimum absolute atomic E-state index is 0.254. The van der Waals surface area contributed by atoms with Gasteiger partial charge in [-0.15, -0.1) is 0 Å². The Kier molecular flexibility index (Phi) is 5.40. The molecule has 29 heavy (non-hydrogen) atoms. The van der Waals surface area contributed by atoms with E-state index >= 15 is 0 Å². The summed E-state index contributed by atoms with van der Waals surface area (Å²) in [7, 11) is 0. The molecule has 1 aliphatic heterocycles. The Morgan fingerprint density at radius 1 is 1.31 bits per heavy atom. The standard InChI is InChI=1S/C21H28N6O2/c1-14(2)16-12-24-27-19(23-11-15-6-4-3-5-7-15)10-18(25-20(16)27)26-21(29)8-9-22-13-17(21)28/h3-7,10,12,14,17,22-23,28-29H,8-9,11,13H2,1-2H3,(H,25,26)/t17-,21+/m1/s1. The van der Waals surface area contributed by atoms with Gasteiger partial charge in [0.25, 0.3) is 0 Å². The Hall–Kier alpha value is -2.68. The van der Waals surface area contributed by atoms with E-state index < -0.39 is 11.8 Å². The van der Waals surface area contributed by atoms with Gasteiger partial charge < -0.3 is 26.2 Å². The Morgan fingerprint density at radius 2 is 2.10 bits per heavy atom. The van der Waals surface area contributed by atoms with Crippen molar-refractivity contribution >= 4 is 17.3 Å². The van der Waals surface area contributed by atoms with Gasteiger partial charge in [0.15, 0.2) is 11.4 Å². The normalized spacial score (nSPS) is 22.2. The van der Waals surface area contributed by atoms with Crippen LogP contribution in [0.1, 0.15) is 37.3 Å². The maximum Gasteiger partial charge on any atom is 0.165 e. The van der Waals surface area contributed by atoms with Crippen molar-refractivity contribution in [2.45, 2.75) is 44.6 Å². The third-order valence-electron chi connectivity index (χ3n) is 5.35.